The molecule has 10 nitrogen and oxygen atoms in total. The number of benzene rings is 2. The summed E-state index contributed by atoms with van der Waals surface area (Å²) < 4.78 is 6.01. The van der Waals surface area contributed by atoms with E-state index in [9.17, 15) is 19.8 Å². The number of carbonyl (C=O) groups excluding carboxylic acids is 2. The Hall–Kier alpha value is -3.18. The van der Waals surface area contributed by atoms with Crippen LogP contribution in [0.15, 0.2) is 36.4 Å². The van der Waals surface area contributed by atoms with Crippen molar-refractivity contribution in [3.8, 4) is 16.9 Å². The third kappa shape index (κ3) is 6.75. The maximum absolute atomic E-state index is 14.1. The third-order valence-electron chi connectivity index (χ3n) is 11.1. The predicted molar refractivity (Wildman–Crippen MR) is 183 cm³/mol. The largest absolute Gasteiger partial charge is 0.496 e. The maximum atomic E-state index is 14.1. The zero-order valence-corrected chi connectivity index (χ0v) is 29.4. The first-order valence-electron chi connectivity index (χ1n) is 17.0. The second-order valence-electron chi connectivity index (χ2n) is 15.0. The molecule has 0 spiro atoms. The minimum atomic E-state index is -0.888. The molecule has 3 saturated carbocycles. The van der Waals surface area contributed by atoms with Crippen LogP contribution in [0.1, 0.15) is 70.3 Å². The number of methoxy groups -OCH3 is 1. The summed E-state index contributed by atoms with van der Waals surface area (Å²) in [5.41, 5.74) is 4.06. The number of fused-ring (bicyclic) bond motifs is 2. The van der Waals surface area contributed by atoms with E-state index >= 15 is 0 Å². The Labute approximate surface area is 279 Å². The van der Waals surface area contributed by atoms with Crippen LogP contribution in [0.3, 0.4) is 0 Å². The van der Waals surface area contributed by atoms with Crippen molar-refractivity contribution in [1.82, 2.24) is 15.7 Å². The fourth-order valence-electron chi connectivity index (χ4n) is 8.33. The molecule has 0 unspecified atom stereocenters. The smallest absolute Gasteiger partial charge is 0.251 e. The molecule has 258 valence electrons. The van der Waals surface area contributed by atoms with Gasteiger partial charge in [-0.3, -0.25) is 14.4 Å². The zero-order valence-electron chi connectivity index (χ0n) is 29.4. The molecule has 0 radical (unpaired) electrons. The number of nitrogens with zero attached hydrogens (tertiary/aromatic N) is 2. The summed E-state index contributed by atoms with van der Waals surface area (Å²) in [6, 6.07) is 10.7. The quantitative estimate of drug-likeness (QED) is 0.285. The van der Waals surface area contributed by atoms with E-state index in [0.717, 1.165) is 28.8 Å². The fourth-order valence-corrected chi connectivity index (χ4v) is 8.33. The number of aliphatic hydroxyl groups is 2. The number of amides is 2. The second-order valence-corrected chi connectivity index (χ2v) is 15.0. The van der Waals surface area contributed by atoms with Crippen LogP contribution < -0.4 is 20.3 Å². The van der Waals surface area contributed by atoms with Crippen molar-refractivity contribution < 1.29 is 29.4 Å². The molecule has 4 aliphatic rings. The molecular formula is C37H54N4O6. The number of hydrogen-bond donors (Lipinski definition) is 4. The number of carbonyl (C=O) groups is 2. The van der Waals surface area contributed by atoms with Crippen LogP contribution in [0.2, 0.25) is 0 Å². The number of hydrogen-bond acceptors (Lipinski definition) is 8. The number of rotatable bonds is 11. The van der Waals surface area contributed by atoms with Crippen molar-refractivity contribution in [3.63, 3.8) is 0 Å². The standard InChI is InChI=1S/C37H54N4O6/c1-20(2)38-35(44)25-13-24(14-27(15-25)40(7)8)28-12-10-11-23(34(28)46-9)18-41-33(32(22(4)43)31(19-42)47-41)36(45)39-30-17-26-16-29(21(30)3)37(26,5)6/h10-15,20-22,26,29-33,42-43H,16-19H2,1-9H3,(H,38,44)(H,39,45)/t21-,22-,26+,29-,30+,31-,32+,33-/m0/s1. The van der Waals surface area contributed by atoms with Gasteiger partial charge < -0.3 is 30.5 Å². The monoisotopic (exact) mass is 650 g/mol. The first-order chi connectivity index (χ1) is 22.2. The van der Waals surface area contributed by atoms with E-state index in [1.807, 2.05) is 69.2 Å². The lowest BCUT2D eigenvalue weighted by Crippen LogP contribution is -2.62. The molecule has 2 aromatic rings. The van der Waals surface area contributed by atoms with Crippen LogP contribution in [0, 0.1) is 29.1 Å². The summed E-state index contributed by atoms with van der Waals surface area (Å²) in [5, 5.41) is 29.0. The Morgan fingerprint density at radius 2 is 1.87 bits per heavy atom. The van der Waals surface area contributed by atoms with Gasteiger partial charge in [0.15, 0.2) is 0 Å². The highest BCUT2D eigenvalue weighted by atomic mass is 16.7. The van der Waals surface area contributed by atoms with Crippen LogP contribution in [0.25, 0.3) is 11.1 Å². The van der Waals surface area contributed by atoms with Crippen molar-refractivity contribution in [2.75, 3.05) is 32.7 Å². The molecule has 2 amide bonds. The van der Waals surface area contributed by atoms with E-state index in [1.54, 1.807) is 19.1 Å². The summed E-state index contributed by atoms with van der Waals surface area (Å²) >= 11 is 0. The van der Waals surface area contributed by atoms with Gasteiger partial charge >= 0.3 is 0 Å². The zero-order chi connectivity index (χ0) is 34.4. The van der Waals surface area contributed by atoms with Gasteiger partial charge in [-0.05, 0) is 80.5 Å². The molecule has 0 aromatic heterocycles. The molecule has 4 N–H and O–H groups in total. The number of para-hydroxylation sites is 1. The number of ether oxygens (including phenoxy) is 1. The van der Waals surface area contributed by atoms with Gasteiger partial charge in [-0.2, -0.15) is 5.06 Å². The van der Waals surface area contributed by atoms with E-state index in [1.165, 1.54) is 6.42 Å². The third-order valence-corrected chi connectivity index (χ3v) is 11.1. The average Bonchev–Trinajstić information content (AvgIpc) is 3.39. The fraction of sp³-hybridized carbons (Fsp3) is 0.622. The number of anilines is 1. The first-order valence-corrected chi connectivity index (χ1v) is 17.0. The van der Waals surface area contributed by atoms with Gasteiger partial charge in [0.25, 0.3) is 5.91 Å². The molecule has 2 bridgehead atoms. The van der Waals surface area contributed by atoms with Gasteiger partial charge in [0.05, 0.1) is 26.4 Å². The Morgan fingerprint density at radius 1 is 1.15 bits per heavy atom. The summed E-state index contributed by atoms with van der Waals surface area (Å²) in [7, 11) is 5.47. The highest BCUT2D eigenvalue weighted by Gasteiger charge is 2.57. The molecule has 1 heterocycles. The summed E-state index contributed by atoms with van der Waals surface area (Å²) in [6.07, 6.45) is 0.516. The topological polar surface area (TPSA) is 124 Å². The lowest BCUT2D eigenvalue weighted by atomic mass is 9.45. The SMILES string of the molecule is COc1c(CN2O[C@@H](CO)[C@@H]([C@H](C)O)[C@H]2C(=O)N[C@@H]2C[C@H]3C[C@@H]([C@@H]2C)C3(C)C)cccc1-c1cc(C(=O)NC(C)C)cc(N(C)C)c1. The predicted octanol–water partition coefficient (Wildman–Crippen LogP) is 4.23. The normalized spacial score (nSPS) is 28.8. The van der Waals surface area contributed by atoms with E-state index in [-0.39, 0.29) is 37.0 Å². The second kappa shape index (κ2) is 13.7. The molecule has 3 aliphatic carbocycles. The van der Waals surface area contributed by atoms with Crippen molar-refractivity contribution in [2.45, 2.75) is 91.3 Å². The Morgan fingerprint density at radius 3 is 2.45 bits per heavy atom. The van der Waals surface area contributed by atoms with Crippen LogP contribution in [-0.4, -0.2) is 85.2 Å². The van der Waals surface area contributed by atoms with Crippen molar-refractivity contribution >= 4 is 17.5 Å². The van der Waals surface area contributed by atoms with Gasteiger partial charge in [0.2, 0.25) is 5.91 Å². The first kappa shape index (κ1) is 35.1. The van der Waals surface area contributed by atoms with Gasteiger partial charge in [0, 0.05) is 54.5 Å². The molecule has 8 atom stereocenters. The van der Waals surface area contributed by atoms with E-state index < -0.39 is 24.2 Å². The van der Waals surface area contributed by atoms with Crippen molar-refractivity contribution in [3.05, 3.63) is 47.5 Å². The average molecular weight is 651 g/mol. The Kier molecular flexibility index (Phi) is 10.3. The molecule has 10 heteroatoms. The van der Waals surface area contributed by atoms with Gasteiger partial charge in [0.1, 0.15) is 17.9 Å². The van der Waals surface area contributed by atoms with Crippen LogP contribution >= 0.6 is 0 Å². The van der Waals surface area contributed by atoms with Gasteiger partial charge in [-0.1, -0.05) is 39.0 Å². The van der Waals surface area contributed by atoms with Crippen LogP contribution in [0.5, 0.6) is 5.75 Å². The Bertz CT molecular complexity index is 1460. The van der Waals surface area contributed by atoms with E-state index in [4.69, 9.17) is 9.57 Å². The molecule has 47 heavy (non-hydrogen) atoms. The lowest BCUT2D eigenvalue weighted by Gasteiger charge is -2.62. The number of hydroxylamine groups is 2. The van der Waals surface area contributed by atoms with Crippen LogP contribution in [-0.2, 0) is 16.2 Å². The lowest BCUT2D eigenvalue weighted by molar-refractivity contribution is -0.183. The maximum Gasteiger partial charge on any atom is 0.251 e. The number of aliphatic hydroxyl groups excluding tert-OH is 2. The van der Waals surface area contributed by atoms with E-state index in [0.29, 0.717) is 34.5 Å². The summed E-state index contributed by atoms with van der Waals surface area (Å²) in [5.74, 6) is 1.09. The molecule has 6 rings (SSSR count). The van der Waals surface area contributed by atoms with Gasteiger partial charge in [-0.15, -0.1) is 0 Å². The van der Waals surface area contributed by atoms with Crippen molar-refractivity contribution in [2.24, 2.45) is 29.1 Å². The summed E-state index contributed by atoms with van der Waals surface area (Å²) in [4.78, 5) is 35.4. The van der Waals surface area contributed by atoms with Crippen molar-refractivity contribution in [1.29, 1.82) is 0 Å². The van der Waals surface area contributed by atoms with E-state index in [2.05, 4.69) is 31.4 Å². The molecule has 1 saturated heterocycles. The minimum absolute atomic E-state index is 0.00972. The summed E-state index contributed by atoms with van der Waals surface area (Å²) in [6.45, 7) is 12.3. The highest BCUT2D eigenvalue weighted by Crippen LogP contribution is 2.61. The molecule has 2 aromatic carbocycles. The van der Waals surface area contributed by atoms with Crippen LogP contribution in [0.4, 0.5) is 5.69 Å². The number of nitrogens with one attached hydrogen (secondary N) is 2. The molecular weight excluding hydrogens is 596 g/mol. The highest BCUT2D eigenvalue weighted by molar-refractivity contribution is 5.97. The molecule has 1 aliphatic heterocycles. The minimum Gasteiger partial charge on any atom is -0.496 e. The van der Waals surface area contributed by atoms with Gasteiger partial charge in [-0.25, -0.2) is 0 Å². The molecule has 4 fully saturated rings. The Balaban J connectivity index is 1.46.